The number of nitrogens with one attached hydrogen (secondary N) is 1. The summed E-state index contributed by atoms with van der Waals surface area (Å²) in [5, 5.41) is 5.79. The SMILES string of the molecule is COc1ccc([C@H]2Nc3ccccc3C(=O)N2c2ccc3ccccc3c2)cc1. The highest BCUT2D eigenvalue weighted by Crippen LogP contribution is 2.37. The molecule has 1 atom stereocenters. The molecule has 0 fully saturated rings. The molecule has 0 bridgehead atoms. The molecule has 0 aliphatic carbocycles. The number of nitrogens with zero attached hydrogens (tertiary/aromatic N) is 1. The number of para-hydroxylation sites is 1. The quantitative estimate of drug-likeness (QED) is 0.502. The highest BCUT2D eigenvalue weighted by Gasteiger charge is 2.34. The largest absolute Gasteiger partial charge is 0.497 e. The molecule has 29 heavy (non-hydrogen) atoms. The molecule has 5 rings (SSSR count). The first-order valence-corrected chi connectivity index (χ1v) is 9.56. The van der Waals surface area contributed by atoms with Crippen molar-refractivity contribution < 1.29 is 9.53 Å². The zero-order valence-electron chi connectivity index (χ0n) is 16.0. The highest BCUT2D eigenvalue weighted by molar-refractivity contribution is 6.12. The van der Waals surface area contributed by atoms with E-state index in [0.29, 0.717) is 5.56 Å². The van der Waals surface area contributed by atoms with Gasteiger partial charge in [-0.3, -0.25) is 9.69 Å². The molecule has 4 nitrogen and oxygen atoms in total. The van der Waals surface area contributed by atoms with E-state index in [0.717, 1.165) is 33.5 Å². The third-order valence-electron chi connectivity index (χ3n) is 5.37. The molecule has 1 heterocycles. The molecule has 4 aromatic rings. The summed E-state index contributed by atoms with van der Waals surface area (Å²) in [7, 11) is 1.65. The van der Waals surface area contributed by atoms with Crippen molar-refractivity contribution in [2.24, 2.45) is 0 Å². The predicted octanol–water partition coefficient (Wildman–Crippen LogP) is 5.62. The molecule has 1 aliphatic rings. The molecule has 0 unspecified atom stereocenters. The molecule has 0 radical (unpaired) electrons. The predicted molar refractivity (Wildman–Crippen MR) is 117 cm³/mol. The third-order valence-corrected chi connectivity index (χ3v) is 5.37. The zero-order valence-corrected chi connectivity index (χ0v) is 16.0. The first-order chi connectivity index (χ1) is 14.2. The number of rotatable bonds is 3. The minimum atomic E-state index is -0.315. The van der Waals surface area contributed by atoms with Gasteiger partial charge in [-0.2, -0.15) is 0 Å². The van der Waals surface area contributed by atoms with Crippen LogP contribution in [-0.4, -0.2) is 13.0 Å². The molecule has 1 amide bonds. The van der Waals surface area contributed by atoms with Gasteiger partial charge in [0.15, 0.2) is 0 Å². The van der Waals surface area contributed by atoms with E-state index in [1.54, 1.807) is 7.11 Å². The van der Waals surface area contributed by atoms with Gasteiger partial charge in [-0.1, -0.05) is 54.6 Å². The monoisotopic (exact) mass is 380 g/mol. The number of anilines is 2. The van der Waals surface area contributed by atoms with Crippen LogP contribution in [0.5, 0.6) is 5.75 Å². The molecule has 1 aliphatic heterocycles. The minimum Gasteiger partial charge on any atom is -0.497 e. The Morgan fingerprint density at radius 3 is 2.34 bits per heavy atom. The van der Waals surface area contributed by atoms with Crippen molar-refractivity contribution in [3.63, 3.8) is 0 Å². The van der Waals surface area contributed by atoms with E-state index < -0.39 is 0 Å². The molecule has 4 aromatic carbocycles. The number of amides is 1. The number of hydrogen-bond acceptors (Lipinski definition) is 3. The van der Waals surface area contributed by atoms with Crippen molar-refractivity contribution in [3.8, 4) is 5.75 Å². The Bertz CT molecular complexity index is 1200. The van der Waals surface area contributed by atoms with Gasteiger partial charge in [0, 0.05) is 11.4 Å². The number of carbonyl (C=O) groups is 1. The van der Waals surface area contributed by atoms with Crippen LogP contribution in [0.4, 0.5) is 11.4 Å². The van der Waals surface area contributed by atoms with Crippen molar-refractivity contribution in [1.29, 1.82) is 0 Å². The number of benzene rings is 4. The average molecular weight is 380 g/mol. The summed E-state index contributed by atoms with van der Waals surface area (Å²) in [4.78, 5) is 15.4. The fourth-order valence-corrected chi connectivity index (χ4v) is 3.87. The maximum Gasteiger partial charge on any atom is 0.262 e. The summed E-state index contributed by atoms with van der Waals surface area (Å²) in [6.45, 7) is 0. The molecule has 0 spiro atoms. The average Bonchev–Trinajstić information content (AvgIpc) is 2.79. The molecular weight excluding hydrogens is 360 g/mol. The van der Waals surface area contributed by atoms with Crippen molar-refractivity contribution in [2.75, 3.05) is 17.3 Å². The maximum atomic E-state index is 13.5. The summed E-state index contributed by atoms with van der Waals surface area (Å²) in [5.74, 6) is 0.768. The maximum absolute atomic E-state index is 13.5. The van der Waals surface area contributed by atoms with Gasteiger partial charge in [-0.25, -0.2) is 0 Å². The Labute approximate surface area is 169 Å². The van der Waals surface area contributed by atoms with Gasteiger partial charge >= 0.3 is 0 Å². The molecule has 142 valence electrons. The second kappa shape index (κ2) is 6.99. The Morgan fingerprint density at radius 1 is 0.828 bits per heavy atom. The lowest BCUT2D eigenvalue weighted by molar-refractivity contribution is 0.0975. The topological polar surface area (TPSA) is 41.6 Å². The van der Waals surface area contributed by atoms with E-state index in [-0.39, 0.29) is 12.1 Å². The van der Waals surface area contributed by atoms with Gasteiger partial charge in [0.25, 0.3) is 5.91 Å². The van der Waals surface area contributed by atoms with Crippen molar-refractivity contribution >= 4 is 28.1 Å². The molecule has 0 saturated heterocycles. The minimum absolute atomic E-state index is 0.0181. The van der Waals surface area contributed by atoms with E-state index in [9.17, 15) is 4.79 Å². The number of carbonyl (C=O) groups excluding carboxylic acids is 1. The Balaban J connectivity index is 1.66. The van der Waals surface area contributed by atoms with Crippen molar-refractivity contribution in [2.45, 2.75) is 6.17 Å². The lowest BCUT2D eigenvalue weighted by Crippen LogP contribution is -2.43. The van der Waals surface area contributed by atoms with E-state index in [2.05, 4.69) is 29.6 Å². The van der Waals surface area contributed by atoms with Gasteiger partial charge < -0.3 is 10.1 Å². The lowest BCUT2D eigenvalue weighted by Gasteiger charge is -2.38. The molecular formula is C25H20N2O2. The summed E-state index contributed by atoms with van der Waals surface area (Å²) >= 11 is 0. The molecule has 4 heteroatoms. The number of methoxy groups -OCH3 is 1. The first kappa shape index (κ1) is 17.3. The van der Waals surface area contributed by atoms with Crippen LogP contribution < -0.4 is 15.0 Å². The standard InChI is InChI=1S/C25H20N2O2/c1-29-21-14-11-18(12-15-21)24-26-23-9-5-4-8-22(23)25(28)27(24)20-13-10-17-6-2-3-7-19(17)16-20/h2-16,24,26H,1H3/t24-/m0/s1. The lowest BCUT2D eigenvalue weighted by atomic mass is 10.0. The van der Waals surface area contributed by atoms with Crippen LogP contribution in [-0.2, 0) is 0 Å². The summed E-state index contributed by atoms with van der Waals surface area (Å²) in [5.41, 5.74) is 3.36. The summed E-state index contributed by atoms with van der Waals surface area (Å²) in [6, 6.07) is 29.8. The van der Waals surface area contributed by atoms with E-state index in [1.807, 2.05) is 71.6 Å². The third kappa shape index (κ3) is 2.99. The number of fused-ring (bicyclic) bond motifs is 2. The molecule has 0 aromatic heterocycles. The van der Waals surface area contributed by atoms with Crippen LogP contribution in [0.3, 0.4) is 0 Å². The summed E-state index contributed by atoms with van der Waals surface area (Å²) in [6.07, 6.45) is -0.315. The van der Waals surface area contributed by atoms with Crippen molar-refractivity contribution in [3.05, 3.63) is 102 Å². The Morgan fingerprint density at radius 2 is 1.55 bits per heavy atom. The second-order valence-corrected chi connectivity index (χ2v) is 7.07. The normalized spacial score (nSPS) is 15.7. The Kier molecular flexibility index (Phi) is 4.17. The van der Waals surface area contributed by atoms with Crippen LogP contribution >= 0.6 is 0 Å². The van der Waals surface area contributed by atoms with Crippen LogP contribution in [0.2, 0.25) is 0 Å². The van der Waals surface area contributed by atoms with E-state index in [1.165, 1.54) is 0 Å². The second-order valence-electron chi connectivity index (χ2n) is 7.07. The van der Waals surface area contributed by atoms with Crippen LogP contribution in [0.15, 0.2) is 91.0 Å². The first-order valence-electron chi connectivity index (χ1n) is 9.56. The van der Waals surface area contributed by atoms with Crippen LogP contribution in [0, 0.1) is 0 Å². The Hall–Kier alpha value is -3.79. The van der Waals surface area contributed by atoms with Crippen LogP contribution in [0.1, 0.15) is 22.1 Å². The molecule has 0 saturated carbocycles. The number of ether oxygens (including phenoxy) is 1. The zero-order chi connectivity index (χ0) is 19.8. The van der Waals surface area contributed by atoms with E-state index in [4.69, 9.17) is 4.74 Å². The highest BCUT2D eigenvalue weighted by atomic mass is 16.5. The van der Waals surface area contributed by atoms with Gasteiger partial charge in [0.1, 0.15) is 11.9 Å². The number of hydrogen-bond donors (Lipinski definition) is 1. The fourth-order valence-electron chi connectivity index (χ4n) is 3.87. The molecule has 1 N–H and O–H groups in total. The van der Waals surface area contributed by atoms with Gasteiger partial charge in [-0.05, 0) is 52.7 Å². The van der Waals surface area contributed by atoms with E-state index >= 15 is 0 Å². The summed E-state index contributed by atoms with van der Waals surface area (Å²) < 4.78 is 5.29. The fraction of sp³-hybridized carbons (Fsp3) is 0.0800. The van der Waals surface area contributed by atoms with Gasteiger partial charge in [0.05, 0.1) is 12.7 Å². The van der Waals surface area contributed by atoms with Gasteiger partial charge in [-0.15, -0.1) is 0 Å². The van der Waals surface area contributed by atoms with Crippen molar-refractivity contribution in [1.82, 2.24) is 0 Å². The van der Waals surface area contributed by atoms with Crippen LogP contribution in [0.25, 0.3) is 10.8 Å². The van der Waals surface area contributed by atoms with Gasteiger partial charge in [0.2, 0.25) is 0 Å². The smallest absolute Gasteiger partial charge is 0.262 e.